The molecule has 0 fully saturated rings. The van der Waals surface area contributed by atoms with Crippen molar-refractivity contribution >= 4 is 0 Å². The Morgan fingerprint density at radius 2 is 1.38 bits per heavy atom. The molecular weight excluding hydrogens is 375 g/mol. The molecule has 0 unspecified atom stereocenters. The first-order valence-corrected chi connectivity index (χ1v) is 8.76. The number of benzene rings is 3. The molecule has 0 bridgehead atoms. The number of halogens is 1. The average Bonchev–Trinajstić information content (AvgIpc) is 3.25. The van der Waals surface area contributed by atoms with Gasteiger partial charge in [-0.1, -0.05) is 5.16 Å². The molecule has 0 saturated carbocycles. The first-order valence-electron chi connectivity index (χ1n) is 8.76. The maximum Gasteiger partial charge on any atom is 0.258 e. The second kappa shape index (κ2) is 8.02. The Bertz CT molecular complexity index is 1110. The van der Waals surface area contributed by atoms with E-state index in [1.807, 2.05) is 18.2 Å². The minimum atomic E-state index is -0.310. The number of hydrogen-bond acceptors (Lipinski definition) is 6. The SMILES string of the molecule is COc1ccc(-c2nc(-c3ccc(Oc4ccc(F)cc4)cc3)no2)cc1OC. The van der Waals surface area contributed by atoms with Crippen LogP contribution in [0.4, 0.5) is 4.39 Å². The zero-order valence-corrected chi connectivity index (χ0v) is 15.8. The van der Waals surface area contributed by atoms with E-state index in [2.05, 4.69) is 10.1 Å². The fourth-order valence-electron chi connectivity index (χ4n) is 2.74. The van der Waals surface area contributed by atoms with E-state index < -0.39 is 0 Å². The molecular formula is C22H17FN2O4. The van der Waals surface area contributed by atoms with Crippen molar-refractivity contribution in [1.29, 1.82) is 0 Å². The van der Waals surface area contributed by atoms with E-state index in [9.17, 15) is 4.39 Å². The summed E-state index contributed by atoms with van der Waals surface area (Å²) >= 11 is 0. The van der Waals surface area contributed by atoms with E-state index in [0.717, 1.165) is 11.1 Å². The van der Waals surface area contributed by atoms with Crippen molar-refractivity contribution in [3.8, 4) is 45.8 Å². The summed E-state index contributed by atoms with van der Waals surface area (Å²) < 4.78 is 34.6. The minimum Gasteiger partial charge on any atom is -0.493 e. The van der Waals surface area contributed by atoms with Gasteiger partial charge in [-0.25, -0.2) is 4.39 Å². The lowest BCUT2D eigenvalue weighted by atomic mass is 10.2. The highest BCUT2D eigenvalue weighted by molar-refractivity contribution is 5.63. The van der Waals surface area contributed by atoms with Crippen molar-refractivity contribution in [3.63, 3.8) is 0 Å². The standard InChI is InChI=1S/C22H17FN2O4/c1-26-19-12-5-15(13-20(19)27-2)22-24-21(25-29-22)14-3-8-17(9-4-14)28-18-10-6-16(23)7-11-18/h3-13H,1-2H3. The van der Waals surface area contributed by atoms with E-state index >= 15 is 0 Å². The van der Waals surface area contributed by atoms with Crippen LogP contribution in [0.5, 0.6) is 23.0 Å². The maximum absolute atomic E-state index is 13.0. The molecule has 0 amide bonds. The Morgan fingerprint density at radius 3 is 2.03 bits per heavy atom. The number of ether oxygens (including phenoxy) is 3. The normalized spacial score (nSPS) is 10.6. The second-order valence-electron chi connectivity index (χ2n) is 6.07. The Morgan fingerprint density at radius 1 is 0.759 bits per heavy atom. The van der Waals surface area contributed by atoms with Crippen LogP contribution in [0.25, 0.3) is 22.8 Å². The van der Waals surface area contributed by atoms with Crippen LogP contribution in [0.1, 0.15) is 0 Å². The number of nitrogens with zero attached hydrogens (tertiary/aromatic N) is 2. The summed E-state index contributed by atoms with van der Waals surface area (Å²) in [6.45, 7) is 0. The van der Waals surface area contributed by atoms with Gasteiger partial charge >= 0.3 is 0 Å². The number of rotatable bonds is 6. The first kappa shape index (κ1) is 18.5. The third-order valence-corrected chi connectivity index (χ3v) is 4.22. The van der Waals surface area contributed by atoms with E-state index in [4.69, 9.17) is 18.7 Å². The molecule has 0 aliphatic heterocycles. The monoisotopic (exact) mass is 392 g/mol. The summed E-state index contributed by atoms with van der Waals surface area (Å²) in [5.41, 5.74) is 1.49. The molecule has 29 heavy (non-hydrogen) atoms. The van der Waals surface area contributed by atoms with Gasteiger partial charge in [-0.05, 0) is 66.7 Å². The molecule has 0 atom stereocenters. The van der Waals surface area contributed by atoms with Gasteiger partial charge in [-0.3, -0.25) is 0 Å². The van der Waals surface area contributed by atoms with Crippen molar-refractivity contribution in [2.24, 2.45) is 0 Å². The smallest absolute Gasteiger partial charge is 0.258 e. The molecule has 146 valence electrons. The highest BCUT2D eigenvalue weighted by atomic mass is 19.1. The van der Waals surface area contributed by atoms with E-state index in [-0.39, 0.29) is 5.82 Å². The number of methoxy groups -OCH3 is 2. The summed E-state index contributed by atoms with van der Waals surface area (Å²) in [4.78, 5) is 4.45. The van der Waals surface area contributed by atoms with Crippen LogP contribution in [0.3, 0.4) is 0 Å². The molecule has 4 rings (SSSR count). The van der Waals surface area contributed by atoms with Gasteiger partial charge in [0, 0.05) is 11.1 Å². The summed E-state index contributed by atoms with van der Waals surface area (Å²) in [6, 6.07) is 18.4. The van der Waals surface area contributed by atoms with Crippen molar-refractivity contribution < 1.29 is 23.1 Å². The predicted octanol–water partition coefficient (Wildman–Crippen LogP) is 5.35. The van der Waals surface area contributed by atoms with Crippen molar-refractivity contribution in [2.75, 3.05) is 14.2 Å². The van der Waals surface area contributed by atoms with Gasteiger partial charge in [0.2, 0.25) is 5.82 Å². The van der Waals surface area contributed by atoms with Gasteiger partial charge in [0.25, 0.3) is 5.89 Å². The fraction of sp³-hybridized carbons (Fsp3) is 0.0909. The molecule has 1 aromatic heterocycles. The van der Waals surface area contributed by atoms with Crippen LogP contribution in [-0.2, 0) is 0 Å². The minimum absolute atomic E-state index is 0.310. The molecule has 1 heterocycles. The predicted molar refractivity (Wildman–Crippen MR) is 105 cm³/mol. The van der Waals surface area contributed by atoms with E-state index in [1.54, 1.807) is 50.6 Å². The number of hydrogen-bond donors (Lipinski definition) is 0. The Labute approximate surface area is 166 Å². The zero-order chi connectivity index (χ0) is 20.2. The molecule has 0 aliphatic carbocycles. The van der Waals surface area contributed by atoms with Gasteiger partial charge in [0.15, 0.2) is 11.5 Å². The van der Waals surface area contributed by atoms with Gasteiger partial charge in [-0.15, -0.1) is 0 Å². The fourth-order valence-corrected chi connectivity index (χ4v) is 2.74. The number of aromatic nitrogens is 2. The van der Waals surface area contributed by atoms with Gasteiger partial charge in [-0.2, -0.15) is 4.98 Å². The molecule has 4 aromatic rings. The average molecular weight is 392 g/mol. The van der Waals surface area contributed by atoms with Crippen molar-refractivity contribution in [2.45, 2.75) is 0 Å². The lowest BCUT2D eigenvalue weighted by molar-refractivity contribution is 0.355. The van der Waals surface area contributed by atoms with E-state index in [1.165, 1.54) is 12.1 Å². The lowest BCUT2D eigenvalue weighted by Crippen LogP contribution is -1.91. The first-order chi connectivity index (χ1) is 14.2. The Kier molecular flexibility index (Phi) is 5.11. The van der Waals surface area contributed by atoms with Crippen LogP contribution >= 0.6 is 0 Å². The quantitative estimate of drug-likeness (QED) is 0.441. The third kappa shape index (κ3) is 4.03. The molecule has 0 radical (unpaired) electrons. The van der Waals surface area contributed by atoms with Crippen LogP contribution in [-0.4, -0.2) is 24.4 Å². The molecule has 6 nitrogen and oxygen atoms in total. The second-order valence-corrected chi connectivity index (χ2v) is 6.07. The molecule has 0 N–H and O–H groups in total. The topological polar surface area (TPSA) is 66.6 Å². The van der Waals surface area contributed by atoms with E-state index in [0.29, 0.717) is 34.7 Å². The van der Waals surface area contributed by atoms with Crippen molar-refractivity contribution in [1.82, 2.24) is 10.1 Å². The van der Waals surface area contributed by atoms with Crippen LogP contribution in [0.2, 0.25) is 0 Å². The molecule has 7 heteroatoms. The maximum atomic E-state index is 13.0. The summed E-state index contributed by atoms with van der Waals surface area (Å²) in [7, 11) is 3.14. The van der Waals surface area contributed by atoms with Crippen molar-refractivity contribution in [3.05, 3.63) is 72.5 Å². The lowest BCUT2D eigenvalue weighted by Gasteiger charge is -2.07. The summed E-state index contributed by atoms with van der Waals surface area (Å²) in [5.74, 6) is 2.86. The summed E-state index contributed by atoms with van der Waals surface area (Å²) in [6.07, 6.45) is 0. The highest BCUT2D eigenvalue weighted by Crippen LogP contribution is 2.32. The van der Waals surface area contributed by atoms with Crippen LogP contribution < -0.4 is 14.2 Å². The molecule has 0 saturated heterocycles. The van der Waals surface area contributed by atoms with Gasteiger partial charge in [0.1, 0.15) is 17.3 Å². The largest absolute Gasteiger partial charge is 0.493 e. The van der Waals surface area contributed by atoms with Gasteiger partial charge in [0.05, 0.1) is 14.2 Å². The zero-order valence-electron chi connectivity index (χ0n) is 15.8. The summed E-state index contributed by atoms with van der Waals surface area (Å²) in [5, 5.41) is 4.04. The molecule has 3 aromatic carbocycles. The molecule has 0 spiro atoms. The van der Waals surface area contributed by atoms with Gasteiger partial charge < -0.3 is 18.7 Å². The van der Waals surface area contributed by atoms with Crippen LogP contribution in [0, 0.1) is 5.82 Å². The Balaban J connectivity index is 1.53. The third-order valence-electron chi connectivity index (χ3n) is 4.22. The molecule has 0 aliphatic rings. The van der Waals surface area contributed by atoms with Crippen LogP contribution in [0.15, 0.2) is 71.3 Å². The highest BCUT2D eigenvalue weighted by Gasteiger charge is 2.13. The Hall–Kier alpha value is -3.87.